The van der Waals surface area contributed by atoms with E-state index in [1.165, 1.54) is 13.2 Å². The first-order chi connectivity index (χ1) is 12.4. The van der Waals surface area contributed by atoms with Crippen LogP contribution in [0.25, 0.3) is 0 Å². The Balaban J connectivity index is 2.16. The van der Waals surface area contributed by atoms with E-state index in [0.717, 1.165) is 38.7 Å². The smallest absolute Gasteiger partial charge is 0.337 e. The highest BCUT2D eigenvalue weighted by Gasteiger charge is 2.32. The Hall–Kier alpha value is -0.920. The summed E-state index contributed by atoms with van der Waals surface area (Å²) in [4.78, 5) is 11.9. The molecule has 0 N–H and O–H groups in total. The standard InChI is InChI=1S/C19H27BrO5S/c1-3-4-12-25-15-6-5-7-16(10-9-15)26(22,23)18-13-14(19(21)24-2)8-11-17(18)20/h8,11,13,15-16H,3-7,9-10,12H2,1-2H3. The van der Waals surface area contributed by atoms with Crippen molar-refractivity contribution in [2.75, 3.05) is 13.7 Å². The predicted octanol–water partition coefficient (Wildman–Crippen LogP) is 4.53. The fourth-order valence-electron chi connectivity index (χ4n) is 3.25. The van der Waals surface area contributed by atoms with E-state index in [1.807, 2.05) is 0 Å². The van der Waals surface area contributed by atoms with Crippen molar-refractivity contribution in [2.45, 2.75) is 68.1 Å². The molecule has 0 bridgehead atoms. The molecule has 1 aromatic carbocycles. The second-order valence-corrected chi connectivity index (χ2v) is 9.71. The van der Waals surface area contributed by atoms with Crippen molar-refractivity contribution >= 4 is 31.7 Å². The zero-order valence-corrected chi connectivity index (χ0v) is 17.8. The lowest BCUT2D eigenvalue weighted by molar-refractivity contribution is 0.0415. The first-order valence-corrected chi connectivity index (χ1v) is 11.5. The monoisotopic (exact) mass is 446 g/mol. The molecule has 2 atom stereocenters. The third kappa shape index (κ3) is 5.30. The molecule has 0 spiro atoms. The second kappa shape index (κ2) is 9.85. The summed E-state index contributed by atoms with van der Waals surface area (Å²) in [5.74, 6) is -0.542. The van der Waals surface area contributed by atoms with Gasteiger partial charge in [0, 0.05) is 11.1 Å². The van der Waals surface area contributed by atoms with Gasteiger partial charge in [-0.1, -0.05) is 13.3 Å². The summed E-state index contributed by atoms with van der Waals surface area (Å²) in [6.45, 7) is 2.87. The van der Waals surface area contributed by atoms with Crippen LogP contribution >= 0.6 is 15.9 Å². The molecule has 2 rings (SSSR count). The largest absolute Gasteiger partial charge is 0.465 e. The minimum Gasteiger partial charge on any atom is -0.465 e. The zero-order valence-electron chi connectivity index (χ0n) is 15.4. The third-order valence-corrected chi connectivity index (χ3v) is 8.07. The number of benzene rings is 1. The maximum Gasteiger partial charge on any atom is 0.337 e. The van der Waals surface area contributed by atoms with Gasteiger partial charge in [0.15, 0.2) is 9.84 Å². The van der Waals surface area contributed by atoms with Gasteiger partial charge in [0.1, 0.15) is 0 Å². The predicted molar refractivity (Wildman–Crippen MR) is 104 cm³/mol. The Bertz CT molecular complexity index is 717. The maximum atomic E-state index is 13.2. The van der Waals surface area contributed by atoms with E-state index in [9.17, 15) is 13.2 Å². The van der Waals surface area contributed by atoms with Gasteiger partial charge in [-0.3, -0.25) is 0 Å². The van der Waals surface area contributed by atoms with Crippen LogP contribution in [0.3, 0.4) is 0 Å². The first-order valence-electron chi connectivity index (χ1n) is 9.13. The number of ether oxygens (including phenoxy) is 2. The van der Waals surface area contributed by atoms with E-state index in [2.05, 4.69) is 22.9 Å². The van der Waals surface area contributed by atoms with Crippen LogP contribution in [0.2, 0.25) is 0 Å². The van der Waals surface area contributed by atoms with Gasteiger partial charge in [0.2, 0.25) is 0 Å². The minimum atomic E-state index is -3.54. The molecule has 26 heavy (non-hydrogen) atoms. The van der Waals surface area contributed by atoms with E-state index in [1.54, 1.807) is 12.1 Å². The van der Waals surface area contributed by atoms with Crippen LogP contribution < -0.4 is 0 Å². The highest BCUT2D eigenvalue weighted by molar-refractivity contribution is 9.10. The first kappa shape index (κ1) is 21.4. The SMILES string of the molecule is CCCCOC1CCCC(S(=O)(=O)c2cc(C(=O)OC)ccc2Br)CC1. The molecule has 1 aliphatic rings. The maximum absolute atomic E-state index is 13.2. The molecule has 146 valence electrons. The molecule has 1 saturated carbocycles. The Morgan fingerprint density at radius 3 is 2.69 bits per heavy atom. The fourth-order valence-corrected chi connectivity index (χ4v) is 6.09. The van der Waals surface area contributed by atoms with Crippen molar-refractivity contribution in [3.63, 3.8) is 0 Å². The molecule has 5 nitrogen and oxygen atoms in total. The number of unbranched alkanes of at least 4 members (excludes halogenated alkanes) is 1. The molecular formula is C19H27BrO5S. The number of rotatable bonds is 7. The molecule has 0 aliphatic heterocycles. The molecule has 0 heterocycles. The van der Waals surface area contributed by atoms with Crippen molar-refractivity contribution in [1.29, 1.82) is 0 Å². The summed E-state index contributed by atoms with van der Waals surface area (Å²) in [6, 6.07) is 4.55. The summed E-state index contributed by atoms with van der Waals surface area (Å²) in [7, 11) is -2.26. The normalized spacial score (nSPS) is 21.2. The van der Waals surface area contributed by atoms with E-state index in [0.29, 0.717) is 17.3 Å². The quantitative estimate of drug-likeness (QED) is 0.349. The van der Waals surface area contributed by atoms with Crippen LogP contribution in [-0.4, -0.2) is 39.5 Å². The van der Waals surface area contributed by atoms with Crippen LogP contribution in [0.1, 0.15) is 62.2 Å². The van der Waals surface area contributed by atoms with Gasteiger partial charge in [-0.25, -0.2) is 13.2 Å². The van der Waals surface area contributed by atoms with Crippen molar-refractivity contribution in [3.8, 4) is 0 Å². The number of hydrogen-bond acceptors (Lipinski definition) is 5. The van der Waals surface area contributed by atoms with Gasteiger partial charge >= 0.3 is 5.97 Å². The van der Waals surface area contributed by atoms with Gasteiger partial charge < -0.3 is 9.47 Å². The topological polar surface area (TPSA) is 69.7 Å². The summed E-state index contributed by atoms with van der Waals surface area (Å²) in [5.41, 5.74) is 0.240. The highest BCUT2D eigenvalue weighted by atomic mass is 79.9. The van der Waals surface area contributed by atoms with Crippen molar-refractivity contribution in [2.24, 2.45) is 0 Å². The Morgan fingerprint density at radius 1 is 1.23 bits per heavy atom. The molecule has 0 amide bonds. The average Bonchev–Trinajstić information content (AvgIpc) is 2.88. The van der Waals surface area contributed by atoms with Crippen LogP contribution in [0.5, 0.6) is 0 Å². The van der Waals surface area contributed by atoms with Crippen molar-refractivity contribution < 1.29 is 22.7 Å². The minimum absolute atomic E-state index is 0.145. The van der Waals surface area contributed by atoms with Crippen LogP contribution in [-0.2, 0) is 19.3 Å². The molecular weight excluding hydrogens is 420 g/mol. The van der Waals surface area contributed by atoms with Crippen molar-refractivity contribution in [3.05, 3.63) is 28.2 Å². The number of hydrogen-bond donors (Lipinski definition) is 0. The molecule has 0 saturated heterocycles. The molecule has 1 aromatic rings. The summed E-state index contributed by atoms with van der Waals surface area (Å²) in [5, 5.41) is -0.452. The second-order valence-electron chi connectivity index (χ2n) is 6.66. The van der Waals surface area contributed by atoms with Crippen LogP contribution in [0.15, 0.2) is 27.6 Å². The number of esters is 1. The molecule has 0 aromatic heterocycles. The number of halogens is 1. The van der Waals surface area contributed by atoms with E-state index in [4.69, 9.17) is 9.47 Å². The van der Waals surface area contributed by atoms with Gasteiger partial charge in [-0.15, -0.1) is 0 Å². The number of methoxy groups -OCH3 is 1. The van der Waals surface area contributed by atoms with Crippen LogP contribution in [0.4, 0.5) is 0 Å². The summed E-state index contributed by atoms with van der Waals surface area (Å²) < 4.78 is 37.4. The molecule has 7 heteroatoms. The average molecular weight is 447 g/mol. The van der Waals surface area contributed by atoms with Gasteiger partial charge in [0.05, 0.1) is 28.9 Å². The van der Waals surface area contributed by atoms with Gasteiger partial charge in [-0.05, 0) is 72.7 Å². The number of carbonyl (C=O) groups is 1. The molecule has 1 fully saturated rings. The van der Waals surface area contributed by atoms with E-state index >= 15 is 0 Å². The van der Waals surface area contributed by atoms with E-state index in [-0.39, 0.29) is 16.6 Å². The lowest BCUT2D eigenvalue weighted by atomic mass is 10.1. The Kier molecular flexibility index (Phi) is 8.10. The lowest BCUT2D eigenvalue weighted by Gasteiger charge is -2.18. The molecule has 1 aliphatic carbocycles. The fraction of sp³-hybridized carbons (Fsp3) is 0.632. The summed E-state index contributed by atoms with van der Waals surface area (Å²) in [6.07, 6.45) is 5.95. The number of sulfone groups is 1. The Labute approximate surface area is 164 Å². The van der Waals surface area contributed by atoms with Crippen molar-refractivity contribution in [1.82, 2.24) is 0 Å². The van der Waals surface area contributed by atoms with E-state index < -0.39 is 21.1 Å². The lowest BCUT2D eigenvalue weighted by Crippen LogP contribution is -2.22. The zero-order chi connectivity index (χ0) is 19.2. The van der Waals surface area contributed by atoms with Gasteiger partial charge in [0.25, 0.3) is 0 Å². The summed E-state index contributed by atoms with van der Waals surface area (Å²) >= 11 is 3.32. The molecule has 2 unspecified atom stereocenters. The highest BCUT2D eigenvalue weighted by Crippen LogP contribution is 2.33. The van der Waals surface area contributed by atoms with Gasteiger partial charge in [-0.2, -0.15) is 0 Å². The van der Waals surface area contributed by atoms with Crippen LogP contribution in [0, 0.1) is 0 Å². The third-order valence-electron chi connectivity index (χ3n) is 4.81. The molecule has 0 radical (unpaired) electrons. The Morgan fingerprint density at radius 2 is 2.00 bits per heavy atom. The number of carbonyl (C=O) groups excluding carboxylic acids is 1.